The van der Waals surface area contributed by atoms with Crippen molar-refractivity contribution in [1.82, 2.24) is 19.9 Å². The second-order valence-electron chi connectivity index (χ2n) is 6.27. The van der Waals surface area contributed by atoms with E-state index in [-0.39, 0.29) is 0 Å². The molecule has 6 heteroatoms. The summed E-state index contributed by atoms with van der Waals surface area (Å²) in [6, 6.07) is 15.9. The monoisotopic (exact) mass is 348 g/mol. The van der Waals surface area contributed by atoms with Crippen molar-refractivity contribution < 1.29 is 0 Å². The Bertz CT molecular complexity index is 805. The summed E-state index contributed by atoms with van der Waals surface area (Å²) < 4.78 is 0. The minimum Gasteiger partial charge on any atom is -0.354 e. The van der Waals surface area contributed by atoms with Gasteiger partial charge in [0.1, 0.15) is 5.82 Å². The van der Waals surface area contributed by atoms with Crippen molar-refractivity contribution in [2.75, 3.05) is 37.8 Å². The SMILES string of the molecule is CN(C)CCCNc1nc(Nc2ccccc2)cc(-c2ccncc2)n1. The molecule has 0 aliphatic carbocycles. The van der Waals surface area contributed by atoms with E-state index < -0.39 is 0 Å². The maximum atomic E-state index is 4.66. The van der Waals surface area contributed by atoms with Gasteiger partial charge in [-0.15, -0.1) is 0 Å². The van der Waals surface area contributed by atoms with Crippen molar-refractivity contribution in [3.05, 3.63) is 60.9 Å². The Morgan fingerprint density at radius 1 is 0.962 bits per heavy atom. The fraction of sp³-hybridized carbons (Fsp3) is 0.250. The molecule has 0 saturated carbocycles. The van der Waals surface area contributed by atoms with Gasteiger partial charge in [0.25, 0.3) is 0 Å². The van der Waals surface area contributed by atoms with Crippen molar-refractivity contribution >= 4 is 17.5 Å². The van der Waals surface area contributed by atoms with Crippen LogP contribution < -0.4 is 10.6 Å². The first kappa shape index (κ1) is 17.8. The summed E-state index contributed by atoms with van der Waals surface area (Å²) in [4.78, 5) is 15.5. The van der Waals surface area contributed by atoms with Gasteiger partial charge >= 0.3 is 0 Å². The van der Waals surface area contributed by atoms with Crippen LogP contribution in [0.15, 0.2) is 60.9 Å². The Hall–Kier alpha value is -2.99. The first-order valence-electron chi connectivity index (χ1n) is 8.71. The van der Waals surface area contributed by atoms with Crippen molar-refractivity contribution in [2.24, 2.45) is 0 Å². The second kappa shape index (κ2) is 8.92. The van der Waals surface area contributed by atoms with Gasteiger partial charge < -0.3 is 15.5 Å². The topological polar surface area (TPSA) is 66.0 Å². The minimum absolute atomic E-state index is 0.622. The molecule has 0 saturated heterocycles. The van der Waals surface area contributed by atoms with Gasteiger partial charge in [-0.25, -0.2) is 4.98 Å². The Balaban J connectivity index is 1.82. The summed E-state index contributed by atoms with van der Waals surface area (Å²) in [5.74, 6) is 1.38. The normalized spacial score (nSPS) is 10.7. The van der Waals surface area contributed by atoms with Gasteiger partial charge in [-0.3, -0.25) is 4.98 Å². The molecule has 0 amide bonds. The number of hydrogen-bond acceptors (Lipinski definition) is 6. The number of anilines is 3. The summed E-state index contributed by atoms with van der Waals surface area (Å²) in [5.41, 5.74) is 2.86. The molecule has 2 aromatic heterocycles. The molecule has 3 rings (SSSR count). The Morgan fingerprint density at radius 2 is 1.73 bits per heavy atom. The lowest BCUT2D eigenvalue weighted by Crippen LogP contribution is -2.17. The van der Waals surface area contributed by atoms with Gasteiger partial charge in [0, 0.05) is 36.3 Å². The highest BCUT2D eigenvalue weighted by Crippen LogP contribution is 2.23. The van der Waals surface area contributed by atoms with Crippen LogP contribution in [0.2, 0.25) is 0 Å². The molecule has 0 atom stereocenters. The molecule has 0 fully saturated rings. The van der Waals surface area contributed by atoms with Gasteiger partial charge in [0.15, 0.2) is 0 Å². The summed E-state index contributed by atoms with van der Waals surface area (Å²) in [7, 11) is 4.14. The van der Waals surface area contributed by atoms with Crippen molar-refractivity contribution in [1.29, 1.82) is 0 Å². The zero-order chi connectivity index (χ0) is 18.2. The number of nitrogens with zero attached hydrogens (tertiary/aromatic N) is 4. The maximum absolute atomic E-state index is 4.66. The van der Waals surface area contributed by atoms with E-state index in [2.05, 4.69) is 44.6 Å². The molecule has 0 radical (unpaired) electrons. The largest absolute Gasteiger partial charge is 0.354 e. The molecule has 0 aliphatic rings. The van der Waals surface area contributed by atoms with E-state index in [1.165, 1.54) is 0 Å². The van der Waals surface area contributed by atoms with Crippen LogP contribution in [0, 0.1) is 0 Å². The van der Waals surface area contributed by atoms with E-state index in [4.69, 9.17) is 0 Å². The van der Waals surface area contributed by atoms with Crippen LogP contribution in [-0.2, 0) is 0 Å². The molecule has 1 aromatic carbocycles. The summed E-state index contributed by atoms with van der Waals surface area (Å²) in [5, 5.41) is 6.68. The smallest absolute Gasteiger partial charge is 0.225 e. The van der Waals surface area contributed by atoms with E-state index in [9.17, 15) is 0 Å². The van der Waals surface area contributed by atoms with Crippen LogP contribution >= 0.6 is 0 Å². The zero-order valence-electron chi connectivity index (χ0n) is 15.2. The van der Waals surface area contributed by atoms with Crippen molar-refractivity contribution in [3.63, 3.8) is 0 Å². The number of pyridine rings is 1. The molecular formula is C20H24N6. The summed E-state index contributed by atoms with van der Waals surface area (Å²) in [6.07, 6.45) is 4.56. The van der Waals surface area contributed by atoms with Crippen LogP contribution in [0.4, 0.5) is 17.5 Å². The fourth-order valence-corrected chi connectivity index (χ4v) is 2.53. The van der Waals surface area contributed by atoms with Crippen LogP contribution in [-0.4, -0.2) is 47.0 Å². The fourth-order valence-electron chi connectivity index (χ4n) is 2.53. The van der Waals surface area contributed by atoms with Gasteiger partial charge in [-0.2, -0.15) is 4.98 Å². The van der Waals surface area contributed by atoms with Crippen LogP contribution in [0.25, 0.3) is 11.3 Å². The van der Waals surface area contributed by atoms with Gasteiger partial charge in [-0.05, 0) is 51.3 Å². The lowest BCUT2D eigenvalue weighted by atomic mass is 10.2. The summed E-state index contributed by atoms with van der Waals surface area (Å²) in [6.45, 7) is 1.84. The number of benzene rings is 1. The minimum atomic E-state index is 0.622. The van der Waals surface area contributed by atoms with E-state index in [1.54, 1.807) is 12.4 Å². The number of aromatic nitrogens is 3. The third-order valence-corrected chi connectivity index (χ3v) is 3.81. The standard InChI is InChI=1S/C20H24N6/c1-26(2)14-6-11-22-20-24-18(16-9-12-21-13-10-16)15-19(25-20)23-17-7-4-3-5-8-17/h3-5,7-10,12-13,15H,6,11,14H2,1-2H3,(H2,22,23,24,25). The summed E-state index contributed by atoms with van der Waals surface area (Å²) >= 11 is 0. The van der Waals surface area contributed by atoms with E-state index in [1.807, 2.05) is 48.5 Å². The third kappa shape index (κ3) is 5.26. The number of para-hydroxylation sites is 1. The van der Waals surface area contributed by atoms with E-state index in [0.29, 0.717) is 5.95 Å². The predicted molar refractivity (Wildman–Crippen MR) is 107 cm³/mol. The molecule has 0 aliphatic heterocycles. The average Bonchev–Trinajstić information content (AvgIpc) is 2.66. The highest BCUT2D eigenvalue weighted by Gasteiger charge is 2.07. The maximum Gasteiger partial charge on any atom is 0.225 e. The molecule has 6 nitrogen and oxygen atoms in total. The second-order valence-corrected chi connectivity index (χ2v) is 6.27. The molecule has 26 heavy (non-hydrogen) atoms. The average molecular weight is 348 g/mol. The molecular weight excluding hydrogens is 324 g/mol. The molecule has 2 N–H and O–H groups in total. The number of hydrogen-bond donors (Lipinski definition) is 2. The molecule has 0 unspecified atom stereocenters. The lowest BCUT2D eigenvalue weighted by Gasteiger charge is -2.13. The highest BCUT2D eigenvalue weighted by molar-refractivity contribution is 5.67. The van der Waals surface area contributed by atoms with Crippen molar-refractivity contribution in [3.8, 4) is 11.3 Å². The van der Waals surface area contributed by atoms with Crippen LogP contribution in [0.1, 0.15) is 6.42 Å². The Morgan fingerprint density at radius 3 is 2.46 bits per heavy atom. The first-order valence-corrected chi connectivity index (χ1v) is 8.71. The highest BCUT2D eigenvalue weighted by atomic mass is 15.1. The third-order valence-electron chi connectivity index (χ3n) is 3.81. The quantitative estimate of drug-likeness (QED) is 0.606. The van der Waals surface area contributed by atoms with Gasteiger partial charge in [0.05, 0.1) is 5.69 Å². The molecule has 134 valence electrons. The van der Waals surface area contributed by atoms with Gasteiger partial charge in [0.2, 0.25) is 5.95 Å². The molecule has 2 heterocycles. The van der Waals surface area contributed by atoms with E-state index in [0.717, 1.165) is 42.3 Å². The number of nitrogens with one attached hydrogen (secondary N) is 2. The van der Waals surface area contributed by atoms with Crippen molar-refractivity contribution in [2.45, 2.75) is 6.42 Å². The van der Waals surface area contributed by atoms with E-state index >= 15 is 0 Å². The zero-order valence-corrected chi connectivity index (χ0v) is 15.2. The molecule has 0 spiro atoms. The lowest BCUT2D eigenvalue weighted by molar-refractivity contribution is 0.405. The molecule has 3 aromatic rings. The van der Waals surface area contributed by atoms with Crippen LogP contribution in [0.3, 0.4) is 0 Å². The van der Waals surface area contributed by atoms with Crippen LogP contribution in [0.5, 0.6) is 0 Å². The Labute approximate surface area is 154 Å². The van der Waals surface area contributed by atoms with Gasteiger partial charge in [-0.1, -0.05) is 18.2 Å². The Kier molecular flexibility index (Phi) is 6.11. The predicted octanol–water partition coefficient (Wildman–Crippen LogP) is 3.65. The first-order chi connectivity index (χ1) is 12.7. The number of rotatable bonds is 8. The molecule has 0 bridgehead atoms.